The fourth-order valence-corrected chi connectivity index (χ4v) is 1.57. The lowest BCUT2D eigenvalue weighted by atomic mass is 10.2. The molecular weight excluding hydrogens is 249 g/mol. The number of nitrogens with zero attached hydrogens (tertiary/aromatic N) is 1. The van der Waals surface area contributed by atoms with E-state index in [2.05, 4.69) is 4.98 Å². The van der Waals surface area contributed by atoms with Crippen molar-refractivity contribution in [3.05, 3.63) is 47.9 Å². The molecule has 1 heterocycles. The Morgan fingerprint density at radius 3 is 2.63 bits per heavy atom. The molecule has 0 aliphatic carbocycles. The maximum Gasteiger partial charge on any atom is 0.226 e. The number of benzene rings is 1. The first-order chi connectivity index (χ1) is 9.10. The van der Waals surface area contributed by atoms with E-state index in [-0.39, 0.29) is 5.69 Å². The molecule has 0 fully saturated rings. The molecule has 19 heavy (non-hydrogen) atoms. The normalized spacial score (nSPS) is 12.1. The van der Waals surface area contributed by atoms with Gasteiger partial charge < -0.3 is 20.9 Å². The van der Waals surface area contributed by atoms with Crippen molar-refractivity contribution < 1.29 is 13.9 Å². The second-order valence-corrected chi connectivity index (χ2v) is 3.88. The third kappa shape index (κ3) is 3.11. The lowest BCUT2D eigenvalue weighted by Crippen LogP contribution is -2.10. The zero-order valence-electron chi connectivity index (χ0n) is 10.3. The van der Waals surface area contributed by atoms with Gasteiger partial charge in [-0.1, -0.05) is 0 Å². The average molecular weight is 263 g/mol. The minimum absolute atomic E-state index is 0.0643. The predicted molar refractivity (Wildman–Crippen MR) is 69.8 cm³/mol. The molecule has 2 rings (SSSR count). The summed E-state index contributed by atoms with van der Waals surface area (Å²) < 4.78 is 24.1. The van der Waals surface area contributed by atoms with Gasteiger partial charge in [-0.3, -0.25) is 0 Å². The predicted octanol–water partition coefficient (Wildman–Crippen LogP) is 2.11. The van der Waals surface area contributed by atoms with Gasteiger partial charge >= 0.3 is 0 Å². The number of halogens is 1. The molecule has 1 unspecified atom stereocenters. The van der Waals surface area contributed by atoms with E-state index in [1.54, 1.807) is 24.4 Å². The van der Waals surface area contributed by atoms with Crippen LogP contribution in [-0.4, -0.2) is 12.1 Å². The lowest BCUT2D eigenvalue weighted by molar-refractivity contribution is -0.0563. The first kappa shape index (κ1) is 13.1. The molecule has 1 aromatic carbocycles. The number of hydrogen-bond donors (Lipinski definition) is 2. The number of anilines is 2. The van der Waals surface area contributed by atoms with Gasteiger partial charge in [0.2, 0.25) is 6.29 Å². The van der Waals surface area contributed by atoms with Gasteiger partial charge in [0.05, 0.1) is 5.69 Å². The Morgan fingerprint density at radius 2 is 2.00 bits per heavy atom. The highest BCUT2D eigenvalue weighted by atomic mass is 19.1. The first-order valence-electron chi connectivity index (χ1n) is 5.56. The van der Waals surface area contributed by atoms with E-state index in [0.29, 0.717) is 17.1 Å². The molecule has 6 heteroatoms. The highest BCUT2D eigenvalue weighted by Gasteiger charge is 2.13. The maximum absolute atomic E-state index is 13.3. The summed E-state index contributed by atoms with van der Waals surface area (Å²) in [5.74, 6) is 0.127. The van der Waals surface area contributed by atoms with E-state index in [4.69, 9.17) is 20.9 Å². The number of hydrogen-bond acceptors (Lipinski definition) is 5. The SMILES string of the molecule is COC(Oc1ccc(N)c(F)c1)c1ccnc(N)c1. The molecule has 0 radical (unpaired) electrons. The van der Waals surface area contributed by atoms with Crippen LogP contribution >= 0.6 is 0 Å². The van der Waals surface area contributed by atoms with Crippen molar-refractivity contribution in [3.8, 4) is 5.75 Å². The third-order valence-electron chi connectivity index (χ3n) is 2.51. The Hall–Kier alpha value is -2.34. The van der Waals surface area contributed by atoms with Crippen LogP contribution in [0.3, 0.4) is 0 Å². The van der Waals surface area contributed by atoms with E-state index in [1.165, 1.54) is 19.2 Å². The van der Waals surface area contributed by atoms with Crippen molar-refractivity contribution >= 4 is 11.5 Å². The topological polar surface area (TPSA) is 83.4 Å². The molecule has 0 spiro atoms. The molecule has 4 N–H and O–H groups in total. The van der Waals surface area contributed by atoms with Crippen LogP contribution in [0.15, 0.2) is 36.5 Å². The highest BCUT2D eigenvalue weighted by Crippen LogP contribution is 2.25. The highest BCUT2D eigenvalue weighted by molar-refractivity contribution is 5.43. The molecule has 1 aromatic heterocycles. The van der Waals surface area contributed by atoms with E-state index in [1.807, 2.05) is 0 Å². The zero-order valence-corrected chi connectivity index (χ0v) is 10.3. The molecule has 1 atom stereocenters. The molecule has 2 aromatic rings. The number of pyridine rings is 1. The Bertz CT molecular complexity index is 578. The van der Waals surface area contributed by atoms with Crippen LogP contribution in [0.5, 0.6) is 5.75 Å². The standard InChI is InChI=1S/C13H14FN3O2/c1-18-13(8-4-5-17-12(16)6-8)19-9-2-3-11(15)10(14)7-9/h2-7,13H,15H2,1H3,(H2,16,17). The fourth-order valence-electron chi connectivity index (χ4n) is 1.57. The smallest absolute Gasteiger partial charge is 0.226 e. The van der Waals surface area contributed by atoms with E-state index in [9.17, 15) is 4.39 Å². The monoisotopic (exact) mass is 263 g/mol. The average Bonchev–Trinajstić information content (AvgIpc) is 2.40. The number of aromatic nitrogens is 1. The van der Waals surface area contributed by atoms with Crippen LogP contribution in [0.4, 0.5) is 15.9 Å². The summed E-state index contributed by atoms with van der Waals surface area (Å²) in [7, 11) is 1.48. The number of rotatable bonds is 4. The molecule has 0 saturated heterocycles. The summed E-state index contributed by atoms with van der Waals surface area (Å²) in [6, 6.07) is 7.53. The van der Waals surface area contributed by atoms with Crippen molar-refractivity contribution in [2.24, 2.45) is 0 Å². The van der Waals surface area contributed by atoms with Crippen molar-refractivity contribution in [2.45, 2.75) is 6.29 Å². The van der Waals surface area contributed by atoms with Crippen LogP contribution in [0, 0.1) is 5.82 Å². The number of methoxy groups -OCH3 is 1. The Balaban J connectivity index is 2.21. The Labute approximate surface area is 110 Å². The lowest BCUT2D eigenvalue weighted by Gasteiger charge is -2.18. The van der Waals surface area contributed by atoms with Gasteiger partial charge in [-0.25, -0.2) is 9.37 Å². The van der Waals surface area contributed by atoms with E-state index in [0.717, 1.165) is 0 Å². The largest absolute Gasteiger partial charge is 0.461 e. The Kier molecular flexibility index (Phi) is 3.82. The summed E-state index contributed by atoms with van der Waals surface area (Å²) in [5, 5.41) is 0. The molecule has 100 valence electrons. The van der Waals surface area contributed by atoms with Crippen molar-refractivity contribution in [1.29, 1.82) is 0 Å². The molecular formula is C13H14FN3O2. The van der Waals surface area contributed by atoms with Gasteiger partial charge in [0, 0.05) is 24.9 Å². The molecule has 0 amide bonds. The van der Waals surface area contributed by atoms with Gasteiger partial charge in [-0.05, 0) is 24.3 Å². The van der Waals surface area contributed by atoms with Gasteiger partial charge in [0.15, 0.2) is 0 Å². The van der Waals surface area contributed by atoms with E-state index < -0.39 is 12.1 Å². The summed E-state index contributed by atoms with van der Waals surface area (Å²) in [5.41, 5.74) is 11.7. The van der Waals surface area contributed by atoms with Crippen LogP contribution in [0.25, 0.3) is 0 Å². The van der Waals surface area contributed by atoms with Crippen LogP contribution in [0.2, 0.25) is 0 Å². The number of nitrogen functional groups attached to an aromatic ring is 2. The van der Waals surface area contributed by atoms with Crippen LogP contribution < -0.4 is 16.2 Å². The van der Waals surface area contributed by atoms with Crippen molar-refractivity contribution in [1.82, 2.24) is 4.98 Å². The Morgan fingerprint density at radius 1 is 1.21 bits per heavy atom. The van der Waals surface area contributed by atoms with Crippen LogP contribution in [0.1, 0.15) is 11.9 Å². The van der Waals surface area contributed by atoms with Gasteiger partial charge in [0.1, 0.15) is 17.4 Å². The second-order valence-electron chi connectivity index (χ2n) is 3.88. The summed E-state index contributed by atoms with van der Waals surface area (Å²) in [6.45, 7) is 0. The maximum atomic E-state index is 13.3. The number of nitrogens with two attached hydrogens (primary N) is 2. The minimum Gasteiger partial charge on any atom is -0.461 e. The van der Waals surface area contributed by atoms with Gasteiger partial charge in [-0.2, -0.15) is 0 Å². The molecule has 0 saturated carbocycles. The van der Waals surface area contributed by atoms with Crippen LogP contribution in [-0.2, 0) is 4.74 Å². The third-order valence-corrected chi connectivity index (χ3v) is 2.51. The fraction of sp³-hybridized carbons (Fsp3) is 0.154. The van der Waals surface area contributed by atoms with Crippen molar-refractivity contribution in [3.63, 3.8) is 0 Å². The quantitative estimate of drug-likeness (QED) is 0.652. The van der Waals surface area contributed by atoms with Gasteiger partial charge in [-0.15, -0.1) is 0 Å². The number of ether oxygens (including phenoxy) is 2. The second kappa shape index (κ2) is 5.53. The van der Waals surface area contributed by atoms with Crippen molar-refractivity contribution in [2.75, 3.05) is 18.6 Å². The first-order valence-corrected chi connectivity index (χ1v) is 5.56. The summed E-state index contributed by atoms with van der Waals surface area (Å²) in [4.78, 5) is 3.88. The van der Waals surface area contributed by atoms with E-state index >= 15 is 0 Å². The summed E-state index contributed by atoms with van der Waals surface area (Å²) >= 11 is 0. The van der Waals surface area contributed by atoms with Gasteiger partial charge in [0.25, 0.3) is 0 Å². The molecule has 0 bridgehead atoms. The molecule has 0 aliphatic heterocycles. The molecule has 5 nitrogen and oxygen atoms in total. The molecule has 0 aliphatic rings. The summed E-state index contributed by atoms with van der Waals surface area (Å²) in [6.07, 6.45) is 0.845. The zero-order chi connectivity index (χ0) is 13.8. The minimum atomic E-state index is -0.701.